The Morgan fingerprint density at radius 1 is 1.25 bits per heavy atom. The van der Waals surface area contributed by atoms with Crippen LogP contribution in [0.2, 0.25) is 5.02 Å². The van der Waals surface area contributed by atoms with Gasteiger partial charge in [-0.15, -0.1) is 0 Å². The number of aromatic amines is 1. The van der Waals surface area contributed by atoms with E-state index in [1.807, 2.05) is 12.1 Å². The third-order valence-corrected chi connectivity index (χ3v) is 4.95. The van der Waals surface area contributed by atoms with E-state index >= 15 is 0 Å². The van der Waals surface area contributed by atoms with Gasteiger partial charge in [-0.1, -0.05) is 11.6 Å². The molecule has 126 valence electrons. The fourth-order valence-corrected chi connectivity index (χ4v) is 3.83. The summed E-state index contributed by atoms with van der Waals surface area (Å²) in [6.45, 7) is 8.59. The van der Waals surface area contributed by atoms with Crippen molar-refractivity contribution in [1.82, 2.24) is 20.1 Å². The summed E-state index contributed by atoms with van der Waals surface area (Å²) in [5, 5.41) is 10.5. The van der Waals surface area contributed by atoms with E-state index in [-0.39, 0.29) is 0 Å². The van der Waals surface area contributed by atoms with Crippen molar-refractivity contribution in [3.63, 3.8) is 0 Å². The van der Waals surface area contributed by atoms with Crippen molar-refractivity contribution in [3.05, 3.63) is 34.0 Å². The van der Waals surface area contributed by atoms with Gasteiger partial charge in [-0.05, 0) is 43.5 Å². The summed E-state index contributed by atoms with van der Waals surface area (Å²) in [6, 6.07) is 4.00. The molecule has 6 heteroatoms. The van der Waals surface area contributed by atoms with Gasteiger partial charge < -0.3 is 4.74 Å². The number of benzene rings is 1. The van der Waals surface area contributed by atoms with Crippen LogP contribution in [0.1, 0.15) is 23.2 Å². The number of aryl methyl sites for hydroxylation is 2. The summed E-state index contributed by atoms with van der Waals surface area (Å²) in [5.41, 5.74) is 5.17. The first-order chi connectivity index (χ1) is 11.6. The van der Waals surface area contributed by atoms with Crippen molar-refractivity contribution in [2.45, 2.75) is 26.8 Å². The van der Waals surface area contributed by atoms with Gasteiger partial charge in [0.1, 0.15) is 0 Å². The highest BCUT2D eigenvalue weighted by Crippen LogP contribution is 2.32. The van der Waals surface area contributed by atoms with Crippen LogP contribution in [0.25, 0.3) is 21.9 Å². The Hall–Kier alpha value is -1.69. The Labute approximate surface area is 146 Å². The smallest absolute Gasteiger partial charge is 0.182 e. The number of fused-ring (bicyclic) bond motifs is 2. The Kier molecular flexibility index (Phi) is 4.16. The van der Waals surface area contributed by atoms with E-state index in [0.717, 1.165) is 77.5 Å². The lowest BCUT2D eigenvalue weighted by molar-refractivity contribution is 0.140. The zero-order valence-corrected chi connectivity index (χ0v) is 14.8. The van der Waals surface area contributed by atoms with Gasteiger partial charge in [-0.2, -0.15) is 5.10 Å². The monoisotopic (exact) mass is 344 g/mol. The summed E-state index contributed by atoms with van der Waals surface area (Å²) in [7, 11) is 0. The van der Waals surface area contributed by atoms with E-state index in [0.29, 0.717) is 0 Å². The van der Waals surface area contributed by atoms with Gasteiger partial charge in [0, 0.05) is 47.7 Å². The zero-order chi connectivity index (χ0) is 16.7. The van der Waals surface area contributed by atoms with Gasteiger partial charge >= 0.3 is 0 Å². The minimum absolute atomic E-state index is 0.753. The molecule has 1 aliphatic rings. The highest BCUT2D eigenvalue weighted by atomic mass is 35.5. The van der Waals surface area contributed by atoms with E-state index in [9.17, 15) is 0 Å². The minimum atomic E-state index is 0.753. The van der Waals surface area contributed by atoms with Crippen LogP contribution in [-0.4, -0.2) is 46.4 Å². The number of aromatic nitrogens is 3. The molecule has 1 aliphatic heterocycles. The molecule has 0 unspecified atom stereocenters. The van der Waals surface area contributed by atoms with Crippen LogP contribution in [0.5, 0.6) is 0 Å². The van der Waals surface area contributed by atoms with Crippen LogP contribution in [0.4, 0.5) is 0 Å². The standard InChI is InChI=1S/C18H21ClN4O/c1-11-8-13(19)9-14-15(10-23-4-3-6-24-7-5-23)16-12(2)21-22-18(16)20-17(11)14/h8-9H,3-7,10H2,1-2H3,(H,20,21,22). The predicted octanol–water partition coefficient (Wildman–Crippen LogP) is 3.60. The summed E-state index contributed by atoms with van der Waals surface area (Å²) in [5.74, 6) is 0. The van der Waals surface area contributed by atoms with Crippen LogP contribution in [0.15, 0.2) is 12.1 Å². The van der Waals surface area contributed by atoms with Crippen molar-refractivity contribution in [3.8, 4) is 0 Å². The Bertz CT molecular complexity index is 897. The number of hydrogen-bond acceptors (Lipinski definition) is 4. The number of pyridine rings is 1. The average Bonchev–Trinajstić information content (AvgIpc) is 2.76. The van der Waals surface area contributed by atoms with E-state index in [1.54, 1.807) is 0 Å². The number of nitrogens with zero attached hydrogens (tertiary/aromatic N) is 3. The zero-order valence-electron chi connectivity index (χ0n) is 14.0. The molecule has 0 amide bonds. The molecule has 0 spiro atoms. The quantitative estimate of drug-likeness (QED) is 0.771. The Balaban J connectivity index is 1.92. The number of hydrogen-bond donors (Lipinski definition) is 1. The molecule has 24 heavy (non-hydrogen) atoms. The Morgan fingerprint density at radius 3 is 3.00 bits per heavy atom. The lowest BCUT2D eigenvalue weighted by Gasteiger charge is -2.21. The van der Waals surface area contributed by atoms with Crippen LogP contribution in [0.3, 0.4) is 0 Å². The third kappa shape index (κ3) is 2.77. The second-order valence-corrected chi connectivity index (χ2v) is 6.93. The molecule has 0 radical (unpaired) electrons. The summed E-state index contributed by atoms with van der Waals surface area (Å²) >= 11 is 6.34. The maximum Gasteiger partial charge on any atom is 0.182 e. The van der Waals surface area contributed by atoms with Gasteiger partial charge in [0.2, 0.25) is 0 Å². The van der Waals surface area contributed by atoms with Gasteiger partial charge in [-0.25, -0.2) is 4.98 Å². The number of halogens is 1. The maximum absolute atomic E-state index is 6.34. The molecule has 1 aromatic carbocycles. The fourth-order valence-electron chi connectivity index (χ4n) is 3.56. The second-order valence-electron chi connectivity index (χ2n) is 6.50. The number of nitrogens with one attached hydrogen (secondary N) is 1. The van der Waals surface area contributed by atoms with E-state index in [4.69, 9.17) is 21.3 Å². The average molecular weight is 345 g/mol. The third-order valence-electron chi connectivity index (χ3n) is 4.73. The molecule has 0 aliphatic carbocycles. The van der Waals surface area contributed by atoms with E-state index in [2.05, 4.69) is 28.9 Å². The molecule has 0 saturated carbocycles. The van der Waals surface area contributed by atoms with E-state index in [1.165, 1.54) is 5.56 Å². The molecular weight excluding hydrogens is 324 g/mol. The largest absolute Gasteiger partial charge is 0.380 e. The SMILES string of the molecule is Cc1cc(Cl)cc2c(CN3CCCOCC3)c3c(C)[nH]nc3nc12. The molecule has 1 saturated heterocycles. The lowest BCUT2D eigenvalue weighted by Crippen LogP contribution is -2.26. The predicted molar refractivity (Wildman–Crippen MR) is 96.6 cm³/mol. The van der Waals surface area contributed by atoms with Gasteiger partial charge in [0.15, 0.2) is 5.65 Å². The number of rotatable bonds is 2. The molecule has 1 N–H and O–H groups in total. The van der Waals surface area contributed by atoms with Crippen LogP contribution >= 0.6 is 11.6 Å². The lowest BCUT2D eigenvalue weighted by atomic mass is 10.0. The molecule has 3 heterocycles. The highest BCUT2D eigenvalue weighted by Gasteiger charge is 2.19. The summed E-state index contributed by atoms with van der Waals surface area (Å²) in [4.78, 5) is 7.22. The molecular formula is C18H21ClN4O. The fraction of sp³-hybridized carbons (Fsp3) is 0.444. The van der Waals surface area contributed by atoms with Crippen molar-refractivity contribution in [2.24, 2.45) is 0 Å². The van der Waals surface area contributed by atoms with Gasteiger partial charge in [-0.3, -0.25) is 10.00 Å². The van der Waals surface area contributed by atoms with Crippen LogP contribution < -0.4 is 0 Å². The van der Waals surface area contributed by atoms with Crippen LogP contribution in [0, 0.1) is 13.8 Å². The normalized spacial score (nSPS) is 16.8. The first-order valence-electron chi connectivity index (χ1n) is 8.37. The molecule has 4 rings (SSSR count). The van der Waals surface area contributed by atoms with Crippen molar-refractivity contribution < 1.29 is 4.74 Å². The molecule has 3 aromatic rings. The molecule has 1 fully saturated rings. The maximum atomic E-state index is 6.34. The minimum Gasteiger partial charge on any atom is -0.380 e. The van der Waals surface area contributed by atoms with Crippen LogP contribution in [-0.2, 0) is 11.3 Å². The number of ether oxygens (including phenoxy) is 1. The molecule has 0 atom stereocenters. The molecule has 0 bridgehead atoms. The first-order valence-corrected chi connectivity index (χ1v) is 8.75. The molecule has 2 aromatic heterocycles. The Morgan fingerprint density at radius 2 is 2.12 bits per heavy atom. The van der Waals surface area contributed by atoms with Crippen molar-refractivity contribution in [1.29, 1.82) is 0 Å². The summed E-state index contributed by atoms with van der Waals surface area (Å²) < 4.78 is 5.59. The van der Waals surface area contributed by atoms with Gasteiger partial charge in [0.25, 0.3) is 0 Å². The first kappa shape index (κ1) is 15.8. The molecule has 5 nitrogen and oxygen atoms in total. The highest BCUT2D eigenvalue weighted by molar-refractivity contribution is 6.31. The second kappa shape index (κ2) is 6.31. The topological polar surface area (TPSA) is 54.0 Å². The van der Waals surface area contributed by atoms with Crippen molar-refractivity contribution in [2.75, 3.05) is 26.3 Å². The van der Waals surface area contributed by atoms with Gasteiger partial charge in [0.05, 0.1) is 12.1 Å². The van der Waals surface area contributed by atoms with Crippen molar-refractivity contribution >= 4 is 33.5 Å². The van der Waals surface area contributed by atoms with E-state index < -0.39 is 0 Å². The summed E-state index contributed by atoms with van der Waals surface area (Å²) in [6.07, 6.45) is 1.07. The number of H-pyrrole nitrogens is 1.